The highest BCUT2D eigenvalue weighted by atomic mass is 32.2. The maximum absolute atomic E-state index is 12.3. The zero-order chi connectivity index (χ0) is 21.3. The van der Waals surface area contributed by atoms with Gasteiger partial charge in [0.25, 0.3) is 11.1 Å². The Balaban J connectivity index is 1.51. The molecule has 0 aliphatic heterocycles. The van der Waals surface area contributed by atoms with Crippen molar-refractivity contribution >= 4 is 29.3 Å². The summed E-state index contributed by atoms with van der Waals surface area (Å²) < 4.78 is 16.2. The van der Waals surface area contributed by atoms with Crippen LogP contribution in [-0.4, -0.2) is 33.9 Å². The number of aromatic nitrogens is 2. The molecular formula is C21H21N3O5S. The number of nitrogens with one attached hydrogen (secondary N) is 1. The first-order chi connectivity index (χ1) is 14.5. The summed E-state index contributed by atoms with van der Waals surface area (Å²) in [5.74, 6) is 0.232. The molecule has 0 aliphatic rings. The van der Waals surface area contributed by atoms with Crippen LogP contribution in [0.2, 0.25) is 0 Å². The summed E-state index contributed by atoms with van der Waals surface area (Å²) in [5.41, 5.74) is 0.680. The maximum Gasteiger partial charge on any atom is 0.340 e. The molecule has 0 radical (unpaired) electrons. The van der Waals surface area contributed by atoms with Crippen molar-refractivity contribution in [3.63, 3.8) is 0 Å². The highest BCUT2D eigenvalue weighted by Crippen LogP contribution is 2.20. The van der Waals surface area contributed by atoms with Crippen molar-refractivity contribution < 1.29 is 23.5 Å². The molecule has 0 saturated heterocycles. The van der Waals surface area contributed by atoms with Gasteiger partial charge in [-0.15, -0.1) is 10.2 Å². The SMILES string of the molecule is CC(C)OC(=O)c1ccccc1NC(=O)CSc1nnc(COc2ccccc2)o1. The van der Waals surface area contributed by atoms with Gasteiger partial charge in [-0.05, 0) is 38.1 Å². The number of nitrogens with zero attached hydrogens (tertiary/aromatic N) is 2. The van der Waals surface area contributed by atoms with Gasteiger partial charge in [0.05, 0.1) is 23.1 Å². The monoisotopic (exact) mass is 427 g/mol. The summed E-state index contributed by atoms with van der Waals surface area (Å²) in [6.07, 6.45) is -0.255. The Morgan fingerprint density at radius 3 is 2.57 bits per heavy atom. The lowest BCUT2D eigenvalue weighted by molar-refractivity contribution is -0.113. The van der Waals surface area contributed by atoms with Gasteiger partial charge in [0.15, 0.2) is 6.61 Å². The van der Waals surface area contributed by atoms with Gasteiger partial charge in [-0.25, -0.2) is 4.79 Å². The number of benzene rings is 2. The first kappa shape index (κ1) is 21.4. The Morgan fingerprint density at radius 2 is 1.80 bits per heavy atom. The molecule has 0 atom stereocenters. The van der Waals surface area contributed by atoms with E-state index in [0.717, 1.165) is 11.8 Å². The first-order valence-corrected chi connectivity index (χ1v) is 10.2. The van der Waals surface area contributed by atoms with Crippen LogP contribution in [0.1, 0.15) is 30.1 Å². The molecule has 0 spiro atoms. The Bertz CT molecular complexity index is 991. The normalized spacial score (nSPS) is 10.6. The fraction of sp³-hybridized carbons (Fsp3) is 0.238. The third kappa shape index (κ3) is 6.35. The number of ether oxygens (including phenoxy) is 2. The van der Waals surface area contributed by atoms with E-state index < -0.39 is 5.97 Å². The smallest absolute Gasteiger partial charge is 0.340 e. The number of carbonyl (C=O) groups is 2. The minimum Gasteiger partial charge on any atom is -0.484 e. The highest BCUT2D eigenvalue weighted by molar-refractivity contribution is 7.99. The number of hydrogen-bond acceptors (Lipinski definition) is 8. The molecule has 3 rings (SSSR count). The summed E-state index contributed by atoms with van der Waals surface area (Å²) in [4.78, 5) is 24.5. The number of anilines is 1. The van der Waals surface area contributed by atoms with Crippen molar-refractivity contribution in [1.82, 2.24) is 10.2 Å². The molecule has 156 valence electrons. The molecule has 0 fully saturated rings. The second kappa shape index (κ2) is 10.4. The minimum absolute atomic E-state index is 0.0364. The molecule has 0 bridgehead atoms. The van der Waals surface area contributed by atoms with Crippen molar-refractivity contribution in [2.75, 3.05) is 11.1 Å². The Morgan fingerprint density at radius 1 is 1.07 bits per heavy atom. The van der Waals surface area contributed by atoms with E-state index in [1.165, 1.54) is 0 Å². The second-order valence-electron chi connectivity index (χ2n) is 6.40. The van der Waals surface area contributed by atoms with E-state index >= 15 is 0 Å². The predicted molar refractivity (Wildman–Crippen MR) is 111 cm³/mol. The van der Waals surface area contributed by atoms with Crippen LogP contribution in [0.25, 0.3) is 0 Å². The van der Waals surface area contributed by atoms with Gasteiger partial charge < -0.3 is 19.2 Å². The third-order valence-corrected chi connectivity index (χ3v) is 4.46. The molecule has 1 amide bonds. The van der Waals surface area contributed by atoms with Crippen molar-refractivity contribution in [2.24, 2.45) is 0 Å². The summed E-state index contributed by atoms with van der Waals surface area (Å²) >= 11 is 1.09. The summed E-state index contributed by atoms with van der Waals surface area (Å²) in [7, 11) is 0. The van der Waals surface area contributed by atoms with Gasteiger partial charge in [-0.1, -0.05) is 42.1 Å². The van der Waals surface area contributed by atoms with E-state index in [2.05, 4.69) is 15.5 Å². The molecule has 0 unspecified atom stereocenters. The van der Waals surface area contributed by atoms with E-state index in [0.29, 0.717) is 22.9 Å². The van der Waals surface area contributed by atoms with Crippen LogP contribution in [0.4, 0.5) is 5.69 Å². The zero-order valence-corrected chi connectivity index (χ0v) is 17.3. The van der Waals surface area contributed by atoms with Crippen LogP contribution in [0.5, 0.6) is 5.75 Å². The second-order valence-corrected chi connectivity index (χ2v) is 7.33. The van der Waals surface area contributed by atoms with Crippen molar-refractivity contribution in [2.45, 2.75) is 31.8 Å². The third-order valence-electron chi connectivity index (χ3n) is 3.64. The van der Waals surface area contributed by atoms with E-state index in [1.54, 1.807) is 38.1 Å². The number of para-hydroxylation sites is 2. The van der Waals surface area contributed by atoms with E-state index in [-0.39, 0.29) is 29.6 Å². The fourth-order valence-electron chi connectivity index (χ4n) is 2.38. The first-order valence-electron chi connectivity index (χ1n) is 9.24. The lowest BCUT2D eigenvalue weighted by Crippen LogP contribution is -2.18. The molecule has 8 nitrogen and oxygen atoms in total. The van der Waals surface area contributed by atoms with Crippen LogP contribution >= 0.6 is 11.8 Å². The van der Waals surface area contributed by atoms with Crippen molar-refractivity contribution in [3.05, 3.63) is 66.1 Å². The van der Waals surface area contributed by atoms with Gasteiger partial charge in [0.2, 0.25) is 5.91 Å². The van der Waals surface area contributed by atoms with Gasteiger partial charge >= 0.3 is 5.97 Å². The topological polar surface area (TPSA) is 104 Å². The average molecular weight is 427 g/mol. The van der Waals surface area contributed by atoms with E-state index in [9.17, 15) is 9.59 Å². The van der Waals surface area contributed by atoms with Crippen molar-refractivity contribution in [1.29, 1.82) is 0 Å². The Labute approximate surface area is 178 Å². The zero-order valence-electron chi connectivity index (χ0n) is 16.5. The molecule has 0 aliphatic carbocycles. The lowest BCUT2D eigenvalue weighted by atomic mass is 10.2. The fourth-order valence-corrected chi connectivity index (χ4v) is 2.96. The van der Waals surface area contributed by atoms with Crippen LogP contribution in [-0.2, 0) is 16.1 Å². The van der Waals surface area contributed by atoms with Crippen LogP contribution in [0.3, 0.4) is 0 Å². The highest BCUT2D eigenvalue weighted by Gasteiger charge is 2.16. The molecule has 0 saturated carbocycles. The summed E-state index contributed by atoms with van der Waals surface area (Å²) in [5, 5.41) is 10.8. The van der Waals surface area contributed by atoms with Crippen LogP contribution in [0, 0.1) is 0 Å². The number of esters is 1. The van der Waals surface area contributed by atoms with Crippen LogP contribution < -0.4 is 10.1 Å². The van der Waals surface area contributed by atoms with Gasteiger partial charge in [0.1, 0.15) is 5.75 Å². The summed E-state index contributed by atoms with van der Waals surface area (Å²) in [6.45, 7) is 3.66. The van der Waals surface area contributed by atoms with Crippen molar-refractivity contribution in [3.8, 4) is 5.75 Å². The van der Waals surface area contributed by atoms with Crippen LogP contribution in [0.15, 0.2) is 64.2 Å². The number of carbonyl (C=O) groups excluding carboxylic acids is 2. The average Bonchev–Trinajstić information content (AvgIpc) is 3.19. The Kier molecular flexibility index (Phi) is 7.45. The van der Waals surface area contributed by atoms with E-state index in [4.69, 9.17) is 13.9 Å². The minimum atomic E-state index is -0.492. The molecule has 1 heterocycles. The largest absolute Gasteiger partial charge is 0.484 e. The molecule has 3 aromatic rings. The molecule has 2 aromatic carbocycles. The maximum atomic E-state index is 12.3. The predicted octanol–water partition coefficient (Wildman–Crippen LogP) is 3.94. The number of hydrogen-bond donors (Lipinski definition) is 1. The quantitative estimate of drug-likeness (QED) is 0.404. The standard InChI is InChI=1S/C21H21N3O5S/c1-14(2)28-20(26)16-10-6-7-11-17(16)22-18(25)13-30-21-24-23-19(29-21)12-27-15-8-4-3-5-9-15/h3-11,14H,12-13H2,1-2H3,(H,22,25). The molecule has 1 aromatic heterocycles. The van der Waals surface area contributed by atoms with Gasteiger partial charge in [-0.3, -0.25) is 4.79 Å². The number of thioether (sulfide) groups is 1. The van der Waals surface area contributed by atoms with Gasteiger partial charge in [0, 0.05) is 0 Å². The molecule has 30 heavy (non-hydrogen) atoms. The molecule has 9 heteroatoms. The van der Waals surface area contributed by atoms with E-state index in [1.807, 2.05) is 30.3 Å². The molecular weight excluding hydrogens is 406 g/mol. The molecule has 1 N–H and O–H groups in total. The number of amides is 1. The Hall–Kier alpha value is -3.33. The summed E-state index contributed by atoms with van der Waals surface area (Å²) in [6, 6.07) is 16.0. The number of rotatable bonds is 9. The van der Waals surface area contributed by atoms with Gasteiger partial charge in [-0.2, -0.15) is 0 Å². The lowest BCUT2D eigenvalue weighted by Gasteiger charge is -2.12.